The highest BCUT2D eigenvalue weighted by Crippen LogP contribution is 2.44. The molecule has 4 heterocycles. The SMILES string of the molecule is COc1cc2c(cc1OCCCCCSc1nnc3n1S(=O)(=O)c1ccccc1N3c1ccccc1)N=C[C@@H]1CCCN1C2=O. The van der Waals surface area contributed by atoms with Crippen LogP contribution in [0.15, 0.2) is 81.8 Å². The van der Waals surface area contributed by atoms with Gasteiger partial charge in [-0.1, -0.05) is 42.1 Å². The first-order valence-electron chi connectivity index (χ1n) is 15.0. The van der Waals surface area contributed by atoms with E-state index < -0.39 is 10.0 Å². The van der Waals surface area contributed by atoms with E-state index in [-0.39, 0.29) is 22.8 Å². The zero-order valence-electron chi connectivity index (χ0n) is 24.7. The number of nitrogens with zero attached hydrogens (tertiary/aromatic N) is 6. The summed E-state index contributed by atoms with van der Waals surface area (Å²) in [6.45, 7) is 1.20. The fraction of sp³-hybridized carbons (Fsp3) is 0.312. The van der Waals surface area contributed by atoms with E-state index in [1.807, 2.05) is 52.4 Å². The molecule has 0 spiro atoms. The molecule has 1 aromatic heterocycles. The van der Waals surface area contributed by atoms with E-state index in [0.717, 1.165) is 44.3 Å². The number of amides is 1. The number of aromatic nitrogens is 3. The van der Waals surface area contributed by atoms with Crippen LogP contribution in [0.25, 0.3) is 0 Å². The molecule has 3 aliphatic heterocycles. The number of para-hydroxylation sites is 2. The van der Waals surface area contributed by atoms with E-state index in [2.05, 4.69) is 15.2 Å². The second-order valence-corrected chi connectivity index (χ2v) is 13.8. The standard InChI is InChI=1S/C32H32N6O5S2/c1-42-27-19-24-25(33-21-23-13-10-16-36(23)30(24)39)20-28(27)43-17-8-3-9-18-44-32-35-34-31-37(22-11-4-2-5-12-22)26-14-6-7-15-29(26)45(40,41)38(31)32/h2,4-7,11-12,14-15,19-21,23H,3,8-10,13,16-18H2,1H3/t23-/m0/s1. The number of rotatable bonds is 10. The van der Waals surface area contributed by atoms with E-state index in [1.54, 1.807) is 37.4 Å². The monoisotopic (exact) mass is 644 g/mol. The highest BCUT2D eigenvalue weighted by molar-refractivity contribution is 8.00. The topological polar surface area (TPSA) is 119 Å². The maximum atomic E-state index is 13.7. The fourth-order valence-electron chi connectivity index (χ4n) is 5.93. The summed E-state index contributed by atoms with van der Waals surface area (Å²) in [5, 5.41) is 8.94. The molecule has 0 radical (unpaired) electrons. The Morgan fingerprint density at radius 1 is 0.978 bits per heavy atom. The van der Waals surface area contributed by atoms with E-state index in [0.29, 0.717) is 46.0 Å². The first-order chi connectivity index (χ1) is 22.0. The molecule has 232 valence electrons. The number of fused-ring (bicyclic) bond motifs is 4. The van der Waals surface area contributed by atoms with Gasteiger partial charge in [-0.15, -0.1) is 10.2 Å². The molecule has 0 bridgehead atoms. The van der Waals surface area contributed by atoms with E-state index in [1.165, 1.54) is 15.7 Å². The Labute approximate surface area is 265 Å². The molecular formula is C32H32N6O5S2. The van der Waals surface area contributed by atoms with Crippen LogP contribution in [0.1, 0.15) is 42.5 Å². The largest absolute Gasteiger partial charge is 0.493 e. The van der Waals surface area contributed by atoms with Crippen LogP contribution >= 0.6 is 11.8 Å². The molecule has 3 aromatic carbocycles. The predicted octanol–water partition coefficient (Wildman–Crippen LogP) is 5.97. The molecule has 0 aliphatic carbocycles. The van der Waals surface area contributed by atoms with Gasteiger partial charge < -0.3 is 14.4 Å². The molecule has 13 heteroatoms. The van der Waals surface area contributed by atoms with Gasteiger partial charge in [0.2, 0.25) is 5.16 Å². The Hall–Kier alpha value is -4.36. The molecule has 1 saturated heterocycles. The van der Waals surface area contributed by atoms with E-state index in [4.69, 9.17) is 9.47 Å². The van der Waals surface area contributed by atoms with Gasteiger partial charge >= 0.3 is 0 Å². The second kappa shape index (κ2) is 12.2. The van der Waals surface area contributed by atoms with Crippen LogP contribution in [0.3, 0.4) is 0 Å². The lowest BCUT2D eigenvalue weighted by molar-refractivity contribution is 0.0774. The van der Waals surface area contributed by atoms with Gasteiger partial charge in [0, 0.05) is 30.3 Å². The number of hydrogen-bond acceptors (Lipinski definition) is 10. The van der Waals surface area contributed by atoms with Crippen molar-refractivity contribution >= 4 is 56.9 Å². The number of aliphatic imine (C=N–C) groups is 1. The molecule has 7 rings (SSSR count). The Bertz CT molecular complexity index is 1880. The molecule has 11 nitrogen and oxygen atoms in total. The van der Waals surface area contributed by atoms with Crippen LogP contribution < -0.4 is 14.4 Å². The van der Waals surface area contributed by atoms with Crippen molar-refractivity contribution in [3.8, 4) is 11.5 Å². The van der Waals surface area contributed by atoms with Crippen LogP contribution in [0.5, 0.6) is 11.5 Å². The number of carbonyl (C=O) groups is 1. The quantitative estimate of drug-likeness (QED) is 0.134. The van der Waals surface area contributed by atoms with Crippen LogP contribution in [0.2, 0.25) is 0 Å². The molecule has 3 aliphatic rings. The average molecular weight is 645 g/mol. The number of hydrogen-bond donors (Lipinski definition) is 0. The molecule has 0 saturated carbocycles. The van der Waals surface area contributed by atoms with E-state index >= 15 is 0 Å². The molecular weight excluding hydrogens is 613 g/mol. The van der Waals surface area contributed by atoms with Crippen molar-refractivity contribution in [2.24, 2.45) is 4.99 Å². The smallest absolute Gasteiger partial charge is 0.274 e. The van der Waals surface area contributed by atoms with Gasteiger partial charge in [0.25, 0.3) is 21.9 Å². The van der Waals surface area contributed by atoms with Gasteiger partial charge in [-0.2, -0.15) is 3.97 Å². The first-order valence-corrected chi connectivity index (χ1v) is 17.4. The molecule has 1 atom stereocenters. The van der Waals surface area contributed by atoms with Crippen molar-refractivity contribution in [2.75, 3.05) is 30.9 Å². The fourth-order valence-corrected chi connectivity index (χ4v) is 8.66. The lowest BCUT2D eigenvalue weighted by Crippen LogP contribution is -2.35. The van der Waals surface area contributed by atoms with Crippen LogP contribution in [0.4, 0.5) is 23.0 Å². The molecule has 0 unspecified atom stereocenters. The summed E-state index contributed by atoms with van der Waals surface area (Å²) in [6.07, 6.45) is 6.24. The summed E-state index contributed by atoms with van der Waals surface area (Å²) < 4.78 is 40.2. The summed E-state index contributed by atoms with van der Waals surface area (Å²) >= 11 is 1.37. The van der Waals surface area contributed by atoms with Crippen molar-refractivity contribution < 1.29 is 22.7 Å². The molecule has 45 heavy (non-hydrogen) atoms. The van der Waals surface area contributed by atoms with Gasteiger partial charge in [-0.25, -0.2) is 8.42 Å². The van der Waals surface area contributed by atoms with Gasteiger partial charge in [0.15, 0.2) is 11.5 Å². The van der Waals surface area contributed by atoms with Crippen LogP contribution in [-0.2, 0) is 10.0 Å². The minimum atomic E-state index is -3.87. The van der Waals surface area contributed by atoms with Crippen molar-refractivity contribution in [1.29, 1.82) is 0 Å². The third-order valence-electron chi connectivity index (χ3n) is 8.15. The number of carbonyl (C=O) groups excluding carboxylic acids is 1. The van der Waals surface area contributed by atoms with Gasteiger partial charge in [0.1, 0.15) is 4.90 Å². The first kappa shape index (κ1) is 29.4. The lowest BCUT2D eigenvalue weighted by atomic mass is 10.1. The summed E-state index contributed by atoms with van der Waals surface area (Å²) in [5.74, 6) is 1.95. The molecule has 1 amide bonds. The molecule has 1 fully saturated rings. The Morgan fingerprint density at radius 2 is 1.80 bits per heavy atom. The summed E-state index contributed by atoms with van der Waals surface area (Å²) in [4.78, 5) is 21.6. The van der Waals surface area contributed by atoms with Crippen molar-refractivity contribution in [2.45, 2.75) is 48.2 Å². The zero-order chi connectivity index (χ0) is 31.0. The number of benzene rings is 3. The minimum absolute atomic E-state index is 0.0222. The Kier molecular flexibility index (Phi) is 7.96. The third kappa shape index (κ3) is 5.33. The summed E-state index contributed by atoms with van der Waals surface area (Å²) in [6, 6.07) is 20.0. The van der Waals surface area contributed by atoms with Crippen molar-refractivity contribution in [3.63, 3.8) is 0 Å². The normalized spacial score (nSPS) is 17.7. The Morgan fingerprint density at radius 3 is 2.64 bits per heavy atom. The number of anilines is 3. The lowest BCUT2D eigenvalue weighted by Gasteiger charge is -2.30. The van der Waals surface area contributed by atoms with Crippen LogP contribution in [0, 0.1) is 0 Å². The number of ether oxygens (including phenoxy) is 2. The van der Waals surface area contributed by atoms with Crippen molar-refractivity contribution in [3.05, 3.63) is 72.3 Å². The maximum absolute atomic E-state index is 13.7. The number of thioether (sulfide) groups is 1. The average Bonchev–Trinajstić information content (AvgIpc) is 3.69. The van der Waals surface area contributed by atoms with Gasteiger partial charge in [-0.05, 0) is 62.4 Å². The second-order valence-electron chi connectivity index (χ2n) is 11.0. The maximum Gasteiger partial charge on any atom is 0.274 e. The number of methoxy groups -OCH3 is 1. The summed E-state index contributed by atoms with van der Waals surface area (Å²) in [5.41, 5.74) is 2.48. The van der Waals surface area contributed by atoms with E-state index in [9.17, 15) is 13.2 Å². The Balaban J connectivity index is 0.980. The highest BCUT2D eigenvalue weighted by Gasteiger charge is 2.38. The summed E-state index contributed by atoms with van der Waals surface area (Å²) in [7, 11) is -2.31. The minimum Gasteiger partial charge on any atom is -0.493 e. The number of unbranched alkanes of at least 4 members (excludes halogenated alkanes) is 2. The third-order valence-corrected chi connectivity index (χ3v) is 11.0. The molecule has 4 aromatic rings. The highest BCUT2D eigenvalue weighted by atomic mass is 32.2. The van der Waals surface area contributed by atoms with Gasteiger partial charge in [0.05, 0.1) is 36.7 Å². The van der Waals surface area contributed by atoms with Gasteiger partial charge in [-0.3, -0.25) is 14.7 Å². The van der Waals surface area contributed by atoms with Crippen LogP contribution in [-0.4, -0.2) is 71.7 Å². The molecule has 0 N–H and O–H groups in total. The predicted molar refractivity (Wildman–Crippen MR) is 173 cm³/mol. The van der Waals surface area contributed by atoms with Crippen molar-refractivity contribution in [1.82, 2.24) is 19.1 Å². The zero-order valence-corrected chi connectivity index (χ0v) is 26.3.